The lowest BCUT2D eigenvalue weighted by atomic mass is 10.1. The zero-order valence-electron chi connectivity index (χ0n) is 16.3. The Balaban J connectivity index is 2.12. The van der Waals surface area contributed by atoms with Crippen LogP contribution in [0.15, 0.2) is 42.5 Å². The van der Waals surface area contributed by atoms with Gasteiger partial charge < -0.3 is 19.5 Å². The van der Waals surface area contributed by atoms with Gasteiger partial charge >= 0.3 is 5.97 Å². The van der Waals surface area contributed by atoms with Gasteiger partial charge in [0.15, 0.2) is 18.1 Å². The summed E-state index contributed by atoms with van der Waals surface area (Å²) in [6.45, 7) is 2.71. The van der Waals surface area contributed by atoms with Gasteiger partial charge in [-0.3, -0.25) is 19.7 Å². The van der Waals surface area contributed by atoms with Crippen LogP contribution in [0.4, 0.5) is 5.69 Å². The van der Waals surface area contributed by atoms with Crippen molar-refractivity contribution in [3.63, 3.8) is 0 Å². The minimum absolute atomic E-state index is 0.0350. The van der Waals surface area contributed by atoms with Gasteiger partial charge in [-0.05, 0) is 18.6 Å². The zero-order valence-corrected chi connectivity index (χ0v) is 16.3. The molecule has 9 nitrogen and oxygen atoms in total. The predicted molar refractivity (Wildman–Crippen MR) is 104 cm³/mol. The molecule has 0 fully saturated rings. The van der Waals surface area contributed by atoms with E-state index in [4.69, 9.17) is 14.2 Å². The molecule has 0 aliphatic heterocycles. The first-order valence-electron chi connectivity index (χ1n) is 8.78. The lowest BCUT2D eigenvalue weighted by Gasteiger charge is -2.16. The van der Waals surface area contributed by atoms with E-state index in [0.29, 0.717) is 6.54 Å². The molecule has 0 saturated carbocycles. The maximum atomic E-state index is 12.0. The number of nitro groups is 1. The molecule has 154 valence electrons. The Hall–Kier alpha value is -3.62. The number of amides is 1. The van der Waals surface area contributed by atoms with Gasteiger partial charge in [-0.15, -0.1) is 0 Å². The van der Waals surface area contributed by atoms with Crippen LogP contribution in [0, 0.1) is 10.1 Å². The first-order chi connectivity index (χ1) is 13.8. The number of hydrogen-bond donors (Lipinski definition) is 1. The van der Waals surface area contributed by atoms with Gasteiger partial charge in [0, 0.05) is 13.5 Å². The molecule has 0 saturated heterocycles. The minimum atomic E-state index is -0.856. The highest BCUT2D eigenvalue weighted by atomic mass is 16.6. The topological polar surface area (TPSA) is 117 Å². The summed E-state index contributed by atoms with van der Waals surface area (Å²) in [5.74, 6) is -0.745. The number of rotatable bonds is 9. The maximum absolute atomic E-state index is 12.0. The maximum Gasteiger partial charge on any atom is 0.303 e. The number of esters is 1. The number of methoxy groups -OCH3 is 1. The first-order valence-corrected chi connectivity index (χ1v) is 8.78. The molecule has 9 heteroatoms. The van der Waals surface area contributed by atoms with Crippen LogP contribution < -0.4 is 14.8 Å². The first kappa shape index (κ1) is 21.7. The summed E-state index contributed by atoms with van der Waals surface area (Å²) in [6, 6.07) is 11.9. The van der Waals surface area contributed by atoms with Crippen molar-refractivity contribution < 1.29 is 28.7 Å². The Bertz CT molecular complexity index is 884. The summed E-state index contributed by atoms with van der Waals surface area (Å²) in [6.07, 6.45) is -0.856. The summed E-state index contributed by atoms with van der Waals surface area (Å²) in [5.41, 5.74) is 0.778. The standard InChI is InChI=1S/C20H22N2O7/c1-13(29-14(2)23)16-9-18(27-3)19(10-17(16)22(25)26)28-12-20(24)21-11-15-7-5-4-6-8-15/h4-10,13H,11-12H2,1-3H3,(H,21,24). The minimum Gasteiger partial charge on any atom is -0.493 e. The molecule has 0 aliphatic rings. The van der Waals surface area contributed by atoms with E-state index in [-0.39, 0.29) is 29.4 Å². The molecular formula is C20H22N2O7. The van der Waals surface area contributed by atoms with Crippen molar-refractivity contribution in [1.82, 2.24) is 5.32 Å². The molecule has 1 unspecified atom stereocenters. The third-order valence-corrected chi connectivity index (χ3v) is 3.98. The fraction of sp³-hybridized carbons (Fsp3) is 0.300. The number of nitro benzene ring substituents is 1. The van der Waals surface area contributed by atoms with E-state index < -0.39 is 22.9 Å². The van der Waals surface area contributed by atoms with Crippen LogP contribution in [0.2, 0.25) is 0 Å². The van der Waals surface area contributed by atoms with Crippen LogP contribution in [0.3, 0.4) is 0 Å². The van der Waals surface area contributed by atoms with Crippen molar-refractivity contribution in [1.29, 1.82) is 0 Å². The van der Waals surface area contributed by atoms with E-state index in [1.165, 1.54) is 27.0 Å². The van der Waals surface area contributed by atoms with Crippen LogP contribution >= 0.6 is 0 Å². The highest BCUT2D eigenvalue weighted by molar-refractivity contribution is 5.77. The average Bonchev–Trinajstić information content (AvgIpc) is 2.70. The van der Waals surface area contributed by atoms with Crippen molar-refractivity contribution in [2.24, 2.45) is 0 Å². The molecule has 2 aromatic rings. The van der Waals surface area contributed by atoms with Crippen LogP contribution in [-0.4, -0.2) is 30.5 Å². The van der Waals surface area contributed by atoms with E-state index in [1.807, 2.05) is 30.3 Å². The van der Waals surface area contributed by atoms with E-state index in [0.717, 1.165) is 11.6 Å². The average molecular weight is 402 g/mol. The van der Waals surface area contributed by atoms with Gasteiger partial charge in [-0.2, -0.15) is 0 Å². The van der Waals surface area contributed by atoms with Crippen molar-refractivity contribution in [3.05, 3.63) is 63.7 Å². The number of carbonyl (C=O) groups excluding carboxylic acids is 2. The zero-order chi connectivity index (χ0) is 21.4. The molecule has 0 aromatic heterocycles. The summed E-state index contributed by atoms with van der Waals surface area (Å²) in [7, 11) is 1.36. The molecule has 2 rings (SSSR count). The molecule has 0 aliphatic carbocycles. The van der Waals surface area contributed by atoms with Crippen molar-refractivity contribution in [2.45, 2.75) is 26.5 Å². The largest absolute Gasteiger partial charge is 0.493 e. The summed E-state index contributed by atoms with van der Waals surface area (Å²) in [4.78, 5) is 34.1. The van der Waals surface area contributed by atoms with Crippen LogP contribution in [0.1, 0.15) is 31.1 Å². The third-order valence-electron chi connectivity index (χ3n) is 3.98. The highest BCUT2D eigenvalue weighted by Gasteiger charge is 2.25. The summed E-state index contributed by atoms with van der Waals surface area (Å²) in [5, 5.41) is 14.1. The third kappa shape index (κ3) is 6.20. The van der Waals surface area contributed by atoms with Crippen molar-refractivity contribution in [2.75, 3.05) is 13.7 Å². The number of nitrogens with zero attached hydrogens (tertiary/aromatic N) is 1. The predicted octanol–water partition coefficient (Wildman–Crippen LogP) is 2.92. The summed E-state index contributed by atoms with van der Waals surface area (Å²) < 4.78 is 15.7. The van der Waals surface area contributed by atoms with Gasteiger partial charge in [0.1, 0.15) is 6.10 Å². The molecule has 0 spiro atoms. The smallest absolute Gasteiger partial charge is 0.303 e. The van der Waals surface area contributed by atoms with Gasteiger partial charge in [-0.25, -0.2) is 0 Å². The Labute approximate surface area is 167 Å². The molecule has 2 aromatic carbocycles. The number of carbonyl (C=O) groups is 2. The number of hydrogen-bond acceptors (Lipinski definition) is 7. The van der Waals surface area contributed by atoms with E-state index >= 15 is 0 Å². The molecule has 29 heavy (non-hydrogen) atoms. The van der Waals surface area contributed by atoms with Gasteiger partial charge in [0.05, 0.1) is 23.7 Å². The second kappa shape index (κ2) is 10.1. The normalized spacial score (nSPS) is 11.3. The van der Waals surface area contributed by atoms with Crippen molar-refractivity contribution >= 4 is 17.6 Å². The SMILES string of the molecule is COc1cc(C(C)OC(C)=O)c([N+](=O)[O-])cc1OCC(=O)NCc1ccccc1. The fourth-order valence-electron chi connectivity index (χ4n) is 2.62. The second-order valence-electron chi connectivity index (χ2n) is 6.12. The molecule has 0 radical (unpaired) electrons. The molecular weight excluding hydrogens is 380 g/mol. The Morgan fingerprint density at radius 2 is 1.86 bits per heavy atom. The Morgan fingerprint density at radius 1 is 1.17 bits per heavy atom. The lowest BCUT2D eigenvalue weighted by molar-refractivity contribution is -0.386. The van der Waals surface area contributed by atoms with E-state index in [1.54, 1.807) is 0 Å². The van der Waals surface area contributed by atoms with E-state index in [9.17, 15) is 19.7 Å². The molecule has 1 N–H and O–H groups in total. The lowest BCUT2D eigenvalue weighted by Crippen LogP contribution is -2.28. The van der Waals surface area contributed by atoms with Gasteiger partial charge in [-0.1, -0.05) is 30.3 Å². The second-order valence-corrected chi connectivity index (χ2v) is 6.12. The molecule has 1 atom stereocenters. The fourth-order valence-corrected chi connectivity index (χ4v) is 2.62. The Kier molecular flexibility index (Phi) is 7.53. The van der Waals surface area contributed by atoms with Gasteiger partial charge in [0.25, 0.3) is 11.6 Å². The Morgan fingerprint density at radius 3 is 2.45 bits per heavy atom. The monoisotopic (exact) mass is 402 g/mol. The number of benzene rings is 2. The van der Waals surface area contributed by atoms with Crippen LogP contribution in [-0.2, 0) is 20.9 Å². The quantitative estimate of drug-likeness (QED) is 0.389. The molecule has 1 amide bonds. The molecule has 0 bridgehead atoms. The number of ether oxygens (including phenoxy) is 3. The summed E-state index contributed by atoms with van der Waals surface area (Å²) >= 11 is 0. The highest BCUT2D eigenvalue weighted by Crippen LogP contribution is 2.38. The van der Waals surface area contributed by atoms with Crippen molar-refractivity contribution in [3.8, 4) is 11.5 Å². The van der Waals surface area contributed by atoms with Crippen LogP contribution in [0.25, 0.3) is 0 Å². The van der Waals surface area contributed by atoms with Gasteiger partial charge in [0.2, 0.25) is 0 Å². The van der Waals surface area contributed by atoms with Crippen LogP contribution in [0.5, 0.6) is 11.5 Å². The van der Waals surface area contributed by atoms with E-state index in [2.05, 4.69) is 5.32 Å². The molecule has 0 heterocycles. The number of nitrogens with one attached hydrogen (secondary N) is 1.